The van der Waals surface area contributed by atoms with Crippen LogP contribution in [0.4, 0.5) is 0 Å². The van der Waals surface area contributed by atoms with Crippen LogP contribution in [0.5, 0.6) is 0 Å². The van der Waals surface area contributed by atoms with E-state index < -0.39 is 7.82 Å². The van der Waals surface area contributed by atoms with E-state index in [1.807, 2.05) is 30.3 Å². The molecule has 2 N–H and O–H groups in total. The summed E-state index contributed by atoms with van der Waals surface area (Å²) in [6.45, 7) is 2.23. The fraction of sp³-hybridized carbons (Fsp3) is 0.533. The molecule has 0 amide bonds. The lowest BCUT2D eigenvalue weighted by molar-refractivity contribution is 0.126. The molecular weight excluding hydrogens is 321 g/mol. The number of nitrogens with one attached hydrogen (secondary N) is 1. The molecule has 1 atom stereocenters. The summed E-state index contributed by atoms with van der Waals surface area (Å²) < 4.78 is 21.3. The van der Waals surface area contributed by atoms with E-state index in [1.54, 1.807) is 0 Å². The molecule has 0 aromatic heterocycles. The number of unbranched alkanes of at least 4 members (excludes halogenated alkanes) is 3. The van der Waals surface area contributed by atoms with Crippen LogP contribution < -0.4 is 5.48 Å². The van der Waals surface area contributed by atoms with Crippen molar-refractivity contribution in [2.24, 2.45) is 0 Å². The molecule has 7 heteroatoms. The van der Waals surface area contributed by atoms with Crippen molar-refractivity contribution in [3.05, 3.63) is 35.9 Å². The monoisotopic (exact) mass is 345 g/mol. The topological polar surface area (TPSA) is 67.8 Å². The Labute approximate surface area is 137 Å². The number of phosphoric acid groups is 1. The van der Waals surface area contributed by atoms with Gasteiger partial charge in [0.15, 0.2) is 0 Å². The van der Waals surface area contributed by atoms with Crippen LogP contribution in [0.25, 0.3) is 0 Å². The molecule has 0 saturated carbocycles. The van der Waals surface area contributed by atoms with Crippen molar-refractivity contribution < 1.29 is 18.6 Å². The fourth-order valence-corrected chi connectivity index (χ4v) is 2.67. The molecule has 22 heavy (non-hydrogen) atoms. The summed E-state index contributed by atoms with van der Waals surface area (Å²) in [5.41, 5.74) is 3.37. The van der Waals surface area contributed by atoms with Crippen molar-refractivity contribution in [2.75, 3.05) is 6.61 Å². The van der Waals surface area contributed by atoms with Gasteiger partial charge in [-0.2, -0.15) is 4.62 Å². The quantitative estimate of drug-likeness (QED) is 0.272. The van der Waals surface area contributed by atoms with E-state index in [-0.39, 0.29) is 6.61 Å². The van der Waals surface area contributed by atoms with E-state index in [2.05, 4.69) is 17.0 Å². The molecule has 0 bridgehead atoms. The number of rotatable bonds is 11. The summed E-state index contributed by atoms with van der Waals surface area (Å²) in [5, 5.41) is 0. The first kappa shape index (κ1) is 19.3. The van der Waals surface area contributed by atoms with Gasteiger partial charge in [-0.05, 0) is 24.8 Å². The van der Waals surface area contributed by atoms with Crippen LogP contribution >= 0.6 is 20.0 Å². The smallest absolute Gasteiger partial charge is 0.301 e. The summed E-state index contributed by atoms with van der Waals surface area (Å²) in [5.74, 6) is 0. The van der Waals surface area contributed by atoms with Gasteiger partial charge in [-0.25, -0.2) is 10.0 Å². The van der Waals surface area contributed by atoms with E-state index in [4.69, 9.17) is 16.7 Å². The zero-order valence-corrected chi connectivity index (χ0v) is 14.6. The van der Waals surface area contributed by atoms with E-state index in [0.717, 1.165) is 31.2 Å². The molecule has 1 rings (SSSR count). The van der Waals surface area contributed by atoms with Crippen LogP contribution in [-0.2, 0) is 20.1 Å². The molecular formula is C15H24NO4PS. The Kier molecular flexibility index (Phi) is 9.52. The van der Waals surface area contributed by atoms with Gasteiger partial charge in [-0.1, -0.05) is 68.7 Å². The molecule has 0 saturated heterocycles. The van der Waals surface area contributed by atoms with Crippen molar-refractivity contribution in [1.29, 1.82) is 0 Å². The van der Waals surface area contributed by atoms with Crippen LogP contribution in [0, 0.1) is 0 Å². The third-order valence-corrected chi connectivity index (χ3v) is 4.14. The normalized spacial score (nSPS) is 13.5. The van der Waals surface area contributed by atoms with Crippen LogP contribution in [0.1, 0.15) is 44.6 Å². The number of hydrogen-bond donors (Lipinski definition) is 2. The van der Waals surface area contributed by atoms with Crippen molar-refractivity contribution in [3.8, 4) is 0 Å². The molecule has 1 aromatic carbocycles. The molecule has 0 heterocycles. The Bertz CT molecular complexity index is 484. The standard InChI is InChI=1S/C15H24NO4PS/c1-2-3-4-8-11-15(22)16-20-21(17,18)19-13-12-14-9-6-5-7-10-14/h5-7,9-10H,2-4,8,11-13H2,1H3,(H,16,22)(H,17,18). The minimum atomic E-state index is -4.13. The van der Waals surface area contributed by atoms with Crippen molar-refractivity contribution in [2.45, 2.75) is 45.4 Å². The van der Waals surface area contributed by atoms with Gasteiger partial charge >= 0.3 is 7.82 Å². The lowest BCUT2D eigenvalue weighted by Gasteiger charge is -2.13. The number of hydroxylamine groups is 1. The van der Waals surface area contributed by atoms with E-state index >= 15 is 0 Å². The molecule has 124 valence electrons. The Hall–Kier alpha value is -0.780. The second kappa shape index (κ2) is 10.9. The van der Waals surface area contributed by atoms with E-state index in [1.165, 1.54) is 0 Å². The van der Waals surface area contributed by atoms with Gasteiger partial charge in [-0.15, -0.1) is 0 Å². The van der Waals surface area contributed by atoms with Gasteiger partial charge in [0.05, 0.1) is 6.61 Å². The number of hydrogen-bond acceptors (Lipinski definition) is 4. The largest absolute Gasteiger partial charge is 0.493 e. The Morgan fingerprint density at radius 1 is 1.27 bits per heavy atom. The van der Waals surface area contributed by atoms with Crippen LogP contribution in [0.3, 0.4) is 0 Å². The molecule has 1 unspecified atom stereocenters. The van der Waals surface area contributed by atoms with E-state index in [0.29, 0.717) is 17.8 Å². The number of benzene rings is 1. The first-order valence-electron chi connectivity index (χ1n) is 7.52. The summed E-state index contributed by atoms with van der Waals surface area (Å²) in [7, 11) is -4.13. The summed E-state index contributed by atoms with van der Waals surface area (Å²) >= 11 is 5.04. The zero-order valence-electron chi connectivity index (χ0n) is 12.9. The average Bonchev–Trinajstić information content (AvgIpc) is 2.51. The Morgan fingerprint density at radius 3 is 2.68 bits per heavy atom. The van der Waals surface area contributed by atoms with Gasteiger partial charge in [-0.3, -0.25) is 4.52 Å². The minimum Gasteiger partial charge on any atom is -0.301 e. The van der Waals surface area contributed by atoms with Gasteiger partial charge in [0.2, 0.25) is 0 Å². The SMILES string of the molecule is CCCCCCC(=S)NOP(=O)(O)OCCc1ccccc1. The maximum atomic E-state index is 11.7. The minimum absolute atomic E-state index is 0.0999. The molecule has 0 radical (unpaired) electrons. The highest BCUT2D eigenvalue weighted by atomic mass is 32.1. The van der Waals surface area contributed by atoms with Gasteiger partial charge in [0.1, 0.15) is 4.99 Å². The van der Waals surface area contributed by atoms with Crippen LogP contribution in [-0.4, -0.2) is 16.5 Å². The number of phosphoric ester groups is 1. The molecule has 0 fully saturated rings. The first-order valence-corrected chi connectivity index (χ1v) is 9.42. The summed E-state index contributed by atoms with van der Waals surface area (Å²) in [6, 6.07) is 9.58. The lowest BCUT2D eigenvalue weighted by atomic mass is 10.2. The van der Waals surface area contributed by atoms with Gasteiger partial charge in [0, 0.05) is 0 Å². The van der Waals surface area contributed by atoms with Crippen LogP contribution in [0.15, 0.2) is 30.3 Å². The molecule has 0 aliphatic carbocycles. The third-order valence-electron chi connectivity index (χ3n) is 3.02. The fourth-order valence-electron chi connectivity index (χ4n) is 1.82. The average molecular weight is 345 g/mol. The van der Waals surface area contributed by atoms with Crippen molar-refractivity contribution >= 4 is 25.0 Å². The molecule has 0 aliphatic rings. The highest BCUT2D eigenvalue weighted by Crippen LogP contribution is 2.41. The highest BCUT2D eigenvalue weighted by molar-refractivity contribution is 7.80. The molecule has 1 aromatic rings. The second-order valence-electron chi connectivity index (χ2n) is 4.96. The predicted octanol–water partition coefficient (Wildman–Crippen LogP) is 4.17. The highest BCUT2D eigenvalue weighted by Gasteiger charge is 2.21. The molecule has 5 nitrogen and oxygen atoms in total. The van der Waals surface area contributed by atoms with Crippen LogP contribution in [0.2, 0.25) is 0 Å². The predicted molar refractivity (Wildman–Crippen MR) is 91.5 cm³/mol. The third kappa shape index (κ3) is 9.28. The van der Waals surface area contributed by atoms with Crippen molar-refractivity contribution in [3.63, 3.8) is 0 Å². The van der Waals surface area contributed by atoms with Crippen molar-refractivity contribution in [1.82, 2.24) is 5.48 Å². The molecule has 0 aliphatic heterocycles. The first-order chi connectivity index (χ1) is 10.5. The Balaban J connectivity index is 2.17. The summed E-state index contributed by atoms with van der Waals surface area (Å²) in [6.07, 6.45) is 5.51. The summed E-state index contributed by atoms with van der Waals surface area (Å²) in [4.78, 5) is 9.95. The lowest BCUT2D eigenvalue weighted by Crippen LogP contribution is -2.21. The zero-order chi connectivity index (χ0) is 16.3. The molecule has 0 spiro atoms. The maximum absolute atomic E-state index is 11.7. The second-order valence-corrected chi connectivity index (χ2v) is 6.84. The number of thiocarbonyl (C=S) groups is 1. The van der Waals surface area contributed by atoms with Gasteiger partial charge < -0.3 is 4.89 Å². The van der Waals surface area contributed by atoms with E-state index in [9.17, 15) is 9.46 Å². The Morgan fingerprint density at radius 2 is 2.00 bits per heavy atom. The maximum Gasteiger partial charge on any atom is 0.493 e. The van der Waals surface area contributed by atoms with Gasteiger partial charge in [0.25, 0.3) is 0 Å².